The summed E-state index contributed by atoms with van der Waals surface area (Å²) in [6.07, 6.45) is 4.50. The van der Waals surface area contributed by atoms with E-state index in [0.717, 1.165) is 4.90 Å². The van der Waals surface area contributed by atoms with Crippen LogP contribution in [0.3, 0.4) is 0 Å². The molecule has 76 valence electrons. The van der Waals surface area contributed by atoms with Gasteiger partial charge in [-0.2, -0.15) is 0 Å². The third-order valence-electron chi connectivity index (χ3n) is 2.61. The van der Waals surface area contributed by atoms with Crippen molar-refractivity contribution in [2.75, 3.05) is 0 Å². The summed E-state index contributed by atoms with van der Waals surface area (Å²) in [5.74, 6) is 1.13. The van der Waals surface area contributed by atoms with Crippen LogP contribution in [0.25, 0.3) is 0 Å². The second kappa shape index (κ2) is 3.22. The summed E-state index contributed by atoms with van der Waals surface area (Å²) in [6, 6.07) is -0.631. The summed E-state index contributed by atoms with van der Waals surface area (Å²) in [5, 5.41) is 17.8. The second-order valence-corrected chi connectivity index (χ2v) is 3.45. The molecule has 2 N–H and O–H groups in total. The topological polar surface area (TPSA) is 77.8 Å². The molecule has 0 spiro atoms. The summed E-state index contributed by atoms with van der Waals surface area (Å²) >= 11 is 0. The zero-order valence-corrected chi connectivity index (χ0v) is 7.73. The Kier molecular flexibility index (Phi) is 2.39. The largest absolute Gasteiger partial charge is 0.480 e. The molecule has 5 nitrogen and oxygen atoms in total. The van der Waals surface area contributed by atoms with Crippen LogP contribution in [-0.4, -0.2) is 38.8 Å². The molecule has 0 saturated carbocycles. The lowest BCUT2D eigenvalue weighted by atomic mass is 10.00. The number of hydrogen-bond acceptors (Lipinski definition) is 2. The highest BCUT2D eigenvalue weighted by Gasteiger charge is 2.50. The molecular weight excluding hydrogens is 186 g/mol. The van der Waals surface area contributed by atoms with E-state index >= 15 is 0 Å². The highest BCUT2D eigenvalue weighted by Crippen LogP contribution is 2.33. The summed E-state index contributed by atoms with van der Waals surface area (Å²) in [4.78, 5) is 22.6. The summed E-state index contributed by atoms with van der Waals surface area (Å²) in [7, 11) is 0. The van der Waals surface area contributed by atoms with Gasteiger partial charge in [-0.1, -0.05) is 5.92 Å². The highest BCUT2D eigenvalue weighted by atomic mass is 16.4. The fraction of sp³-hybridized carbons (Fsp3) is 0.556. The zero-order valence-electron chi connectivity index (χ0n) is 7.73. The van der Waals surface area contributed by atoms with E-state index in [4.69, 9.17) is 16.6 Å². The quantitative estimate of drug-likeness (QED) is 0.603. The van der Waals surface area contributed by atoms with E-state index in [0.29, 0.717) is 6.42 Å². The Labute approximate surface area is 81.3 Å². The molecule has 1 aliphatic heterocycles. The van der Waals surface area contributed by atoms with Crippen molar-refractivity contribution in [3.63, 3.8) is 0 Å². The van der Waals surface area contributed by atoms with Crippen LogP contribution in [0.2, 0.25) is 0 Å². The van der Waals surface area contributed by atoms with Gasteiger partial charge in [0.1, 0.15) is 5.54 Å². The van der Waals surface area contributed by atoms with Gasteiger partial charge < -0.3 is 10.2 Å². The van der Waals surface area contributed by atoms with Crippen LogP contribution in [0.15, 0.2) is 0 Å². The third-order valence-corrected chi connectivity index (χ3v) is 2.61. The smallest absolute Gasteiger partial charge is 0.409 e. The minimum absolute atomic E-state index is 0.253. The van der Waals surface area contributed by atoms with Gasteiger partial charge >= 0.3 is 12.1 Å². The molecule has 0 aromatic carbocycles. The van der Waals surface area contributed by atoms with E-state index in [9.17, 15) is 9.59 Å². The Morgan fingerprint density at radius 1 is 1.57 bits per heavy atom. The third kappa shape index (κ3) is 1.29. The first-order valence-electron chi connectivity index (χ1n) is 4.15. The van der Waals surface area contributed by atoms with E-state index in [1.165, 1.54) is 6.92 Å². The minimum atomic E-state index is -1.39. The van der Waals surface area contributed by atoms with Crippen molar-refractivity contribution in [3.05, 3.63) is 0 Å². The van der Waals surface area contributed by atoms with Crippen molar-refractivity contribution in [3.8, 4) is 12.3 Å². The number of nitrogens with zero attached hydrogens (tertiary/aromatic N) is 1. The van der Waals surface area contributed by atoms with Crippen LogP contribution in [0, 0.1) is 12.3 Å². The van der Waals surface area contributed by atoms with Gasteiger partial charge in [0.25, 0.3) is 0 Å². The molecule has 1 rings (SSSR count). The molecule has 0 aromatic heterocycles. The van der Waals surface area contributed by atoms with Gasteiger partial charge in [-0.15, -0.1) is 6.42 Å². The predicted octanol–water partition coefficient (Wildman–Crippen LogP) is 0.605. The van der Waals surface area contributed by atoms with E-state index in [2.05, 4.69) is 5.92 Å². The number of hydrogen-bond donors (Lipinski definition) is 2. The fourth-order valence-corrected chi connectivity index (χ4v) is 1.72. The Morgan fingerprint density at radius 3 is 2.50 bits per heavy atom. The molecule has 2 atom stereocenters. The van der Waals surface area contributed by atoms with E-state index in [1.807, 2.05) is 0 Å². The molecule has 1 saturated heterocycles. The average Bonchev–Trinajstić information content (AvgIpc) is 2.43. The fourth-order valence-electron chi connectivity index (χ4n) is 1.72. The Balaban J connectivity index is 3.07. The zero-order chi connectivity index (χ0) is 10.9. The van der Waals surface area contributed by atoms with Gasteiger partial charge in [-0.05, 0) is 19.8 Å². The number of carbonyl (C=O) groups is 2. The molecule has 14 heavy (non-hydrogen) atoms. The van der Waals surface area contributed by atoms with Gasteiger partial charge in [0.05, 0.1) is 6.04 Å². The standard InChI is InChI=1S/C9H11NO4/c1-3-6-4-5-9(2,7(11)12)10(6)8(13)14/h1,6H,4-5H2,2H3,(H,11,12)(H,13,14)/t6-,9-/m0/s1. The molecule has 0 bridgehead atoms. The molecule has 1 fully saturated rings. The van der Waals surface area contributed by atoms with Crippen molar-refractivity contribution in [2.24, 2.45) is 0 Å². The van der Waals surface area contributed by atoms with Gasteiger partial charge in [0.2, 0.25) is 0 Å². The molecule has 1 amide bonds. The van der Waals surface area contributed by atoms with Gasteiger partial charge in [0.15, 0.2) is 0 Å². The van der Waals surface area contributed by atoms with Gasteiger partial charge in [0, 0.05) is 0 Å². The number of terminal acetylenes is 1. The molecular formula is C9H11NO4. The molecule has 1 aliphatic rings. The molecule has 0 unspecified atom stereocenters. The molecule has 0 aliphatic carbocycles. The normalized spacial score (nSPS) is 31.1. The number of carboxylic acids is 1. The summed E-state index contributed by atoms with van der Waals surface area (Å²) in [5.41, 5.74) is -1.39. The van der Waals surface area contributed by atoms with Crippen LogP contribution in [0.5, 0.6) is 0 Å². The van der Waals surface area contributed by atoms with Gasteiger partial charge in [-0.3, -0.25) is 4.90 Å². The van der Waals surface area contributed by atoms with E-state index < -0.39 is 23.6 Å². The summed E-state index contributed by atoms with van der Waals surface area (Å²) < 4.78 is 0. The highest BCUT2D eigenvalue weighted by molar-refractivity contribution is 5.84. The van der Waals surface area contributed by atoms with Crippen LogP contribution in [0.1, 0.15) is 19.8 Å². The van der Waals surface area contributed by atoms with Crippen molar-refractivity contribution >= 4 is 12.1 Å². The van der Waals surface area contributed by atoms with Crippen LogP contribution < -0.4 is 0 Å². The lowest BCUT2D eigenvalue weighted by molar-refractivity contribution is -0.147. The maximum absolute atomic E-state index is 10.9. The van der Waals surface area contributed by atoms with Crippen molar-refractivity contribution in [2.45, 2.75) is 31.3 Å². The second-order valence-electron chi connectivity index (χ2n) is 3.45. The minimum Gasteiger partial charge on any atom is -0.480 e. The first-order chi connectivity index (χ1) is 6.43. The van der Waals surface area contributed by atoms with Crippen molar-refractivity contribution in [1.82, 2.24) is 4.90 Å². The number of aliphatic carboxylic acids is 1. The molecule has 0 aromatic rings. The van der Waals surface area contributed by atoms with E-state index in [-0.39, 0.29) is 6.42 Å². The van der Waals surface area contributed by atoms with Crippen molar-refractivity contribution in [1.29, 1.82) is 0 Å². The van der Waals surface area contributed by atoms with E-state index in [1.54, 1.807) is 0 Å². The predicted molar refractivity (Wildman–Crippen MR) is 47.8 cm³/mol. The van der Waals surface area contributed by atoms with Crippen molar-refractivity contribution < 1.29 is 19.8 Å². The lowest BCUT2D eigenvalue weighted by Gasteiger charge is -2.30. The summed E-state index contributed by atoms with van der Waals surface area (Å²) in [6.45, 7) is 1.38. The number of carboxylic acid groups (broad SMARTS) is 2. The first kappa shape index (κ1) is 10.4. The SMILES string of the molecule is C#C[C@H]1CC[C@@](C)(C(=O)O)N1C(=O)O. The average molecular weight is 197 g/mol. The maximum atomic E-state index is 10.9. The maximum Gasteiger partial charge on any atom is 0.409 e. The van der Waals surface area contributed by atoms with Crippen LogP contribution >= 0.6 is 0 Å². The lowest BCUT2D eigenvalue weighted by Crippen LogP contribution is -2.52. The Hall–Kier alpha value is -1.70. The molecule has 5 heteroatoms. The van der Waals surface area contributed by atoms with Crippen LogP contribution in [0.4, 0.5) is 4.79 Å². The Bertz CT molecular complexity index is 319. The number of amides is 1. The first-order valence-corrected chi connectivity index (χ1v) is 4.15. The van der Waals surface area contributed by atoms with Crippen LogP contribution in [-0.2, 0) is 4.79 Å². The monoisotopic (exact) mass is 197 g/mol. The molecule has 1 heterocycles. The number of likely N-dealkylation sites (tertiary alicyclic amines) is 1. The number of rotatable bonds is 1. The Morgan fingerprint density at radius 2 is 2.14 bits per heavy atom. The molecule has 0 radical (unpaired) electrons. The van der Waals surface area contributed by atoms with Gasteiger partial charge in [-0.25, -0.2) is 9.59 Å².